The molecular formula is C30H40FN3O3. The van der Waals surface area contributed by atoms with Gasteiger partial charge in [0.05, 0.1) is 36.9 Å². The number of ether oxygens (including phenoxy) is 3. The number of anilines is 1. The average molecular weight is 510 g/mol. The molecule has 1 saturated carbocycles. The Labute approximate surface area is 219 Å². The van der Waals surface area contributed by atoms with Crippen LogP contribution in [0.1, 0.15) is 76.8 Å². The highest BCUT2D eigenvalue weighted by atomic mass is 19.1. The topological polar surface area (TPSA) is 48.8 Å². The Balaban J connectivity index is 1.69. The molecule has 1 aliphatic carbocycles. The summed E-state index contributed by atoms with van der Waals surface area (Å²) in [7, 11) is 1.61. The summed E-state index contributed by atoms with van der Waals surface area (Å²) in [5, 5.41) is 0. The molecule has 0 atom stereocenters. The summed E-state index contributed by atoms with van der Waals surface area (Å²) in [5.41, 5.74) is 4.27. The molecule has 0 bridgehead atoms. The predicted molar refractivity (Wildman–Crippen MR) is 147 cm³/mol. The first-order valence-corrected chi connectivity index (χ1v) is 14.0. The van der Waals surface area contributed by atoms with Gasteiger partial charge in [0.25, 0.3) is 0 Å². The van der Waals surface area contributed by atoms with Crippen LogP contribution in [0.4, 0.5) is 10.1 Å². The van der Waals surface area contributed by atoms with Crippen LogP contribution in [0.25, 0.3) is 22.4 Å². The van der Waals surface area contributed by atoms with E-state index in [-0.39, 0.29) is 5.75 Å². The van der Waals surface area contributed by atoms with Gasteiger partial charge in [-0.05, 0) is 63.6 Å². The Bertz CT molecular complexity index is 1250. The van der Waals surface area contributed by atoms with Crippen molar-refractivity contribution < 1.29 is 18.6 Å². The first-order chi connectivity index (χ1) is 18.1. The number of imidazole rings is 1. The normalized spacial score (nSPS) is 15.5. The van der Waals surface area contributed by atoms with Crippen LogP contribution in [-0.2, 0) is 0 Å². The van der Waals surface area contributed by atoms with E-state index in [0.29, 0.717) is 47.7 Å². The number of fused-ring (bicyclic) bond motifs is 1. The van der Waals surface area contributed by atoms with Crippen molar-refractivity contribution in [3.63, 3.8) is 0 Å². The zero-order chi connectivity index (χ0) is 25.9. The fraction of sp³-hybridized carbons (Fsp3) is 0.567. The molecule has 2 aromatic carbocycles. The molecule has 0 amide bonds. The van der Waals surface area contributed by atoms with Crippen LogP contribution in [0, 0.1) is 12.7 Å². The van der Waals surface area contributed by atoms with Gasteiger partial charge in [-0.1, -0.05) is 26.7 Å². The first kappa shape index (κ1) is 25.7. The lowest BCUT2D eigenvalue weighted by molar-refractivity contribution is 0.240. The summed E-state index contributed by atoms with van der Waals surface area (Å²) in [6.45, 7) is 9.14. The smallest absolute Gasteiger partial charge is 0.207 e. The number of rotatable bonds is 12. The number of unbranched alkanes of at least 4 members (excludes halogenated alkanes) is 2. The minimum atomic E-state index is -0.417. The van der Waals surface area contributed by atoms with Crippen molar-refractivity contribution in [2.75, 3.05) is 38.3 Å². The van der Waals surface area contributed by atoms with Crippen LogP contribution in [-0.4, -0.2) is 43.0 Å². The summed E-state index contributed by atoms with van der Waals surface area (Å²) in [6.07, 6.45) is 8.19. The minimum Gasteiger partial charge on any atom is -0.492 e. The Morgan fingerprint density at radius 3 is 2.24 bits per heavy atom. The van der Waals surface area contributed by atoms with Gasteiger partial charge in [0.15, 0.2) is 11.6 Å². The van der Waals surface area contributed by atoms with Crippen LogP contribution in [0.5, 0.6) is 17.2 Å². The average Bonchev–Trinajstić information content (AvgIpc) is 3.17. The van der Waals surface area contributed by atoms with Gasteiger partial charge >= 0.3 is 0 Å². The SMILES string of the molecule is CCCCOc1c(F)c(-c2nc3cc(N4CCC4)ccc3n2C2CCC2)c(C)c(OC)c1OCCCC. The Kier molecular flexibility index (Phi) is 7.77. The molecular weight excluding hydrogens is 469 g/mol. The quantitative estimate of drug-likeness (QED) is 0.237. The number of nitrogens with zero attached hydrogens (tertiary/aromatic N) is 3. The number of methoxy groups -OCH3 is 1. The van der Waals surface area contributed by atoms with E-state index in [4.69, 9.17) is 19.2 Å². The van der Waals surface area contributed by atoms with E-state index < -0.39 is 5.82 Å². The highest BCUT2D eigenvalue weighted by Gasteiger charge is 2.32. The summed E-state index contributed by atoms with van der Waals surface area (Å²) in [6, 6.07) is 6.79. The monoisotopic (exact) mass is 509 g/mol. The lowest BCUT2D eigenvalue weighted by atomic mass is 9.92. The molecule has 1 aromatic heterocycles. The fourth-order valence-corrected chi connectivity index (χ4v) is 5.22. The van der Waals surface area contributed by atoms with Crippen LogP contribution < -0.4 is 19.1 Å². The second-order valence-electron chi connectivity index (χ2n) is 10.3. The molecule has 37 heavy (non-hydrogen) atoms. The van der Waals surface area contributed by atoms with E-state index in [1.165, 1.54) is 18.5 Å². The van der Waals surface area contributed by atoms with Crippen molar-refractivity contribution >= 4 is 16.7 Å². The van der Waals surface area contributed by atoms with E-state index in [1.807, 2.05) is 6.92 Å². The maximum atomic E-state index is 16.6. The van der Waals surface area contributed by atoms with Gasteiger partial charge in [0.2, 0.25) is 11.5 Å². The molecule has 0 spiro atoms. The van der Waals surface area contributed by atoms with Crippen molar-refractivity contribution in [2.24, 2.45) is 0 Å². The van der Waals surface area contributed by atoms with Crippen LogP contribution in [0.15, 0.2) is 18.2 Å². The zero-order valence-corrected chi connectivity index (χ0v) is 22.7. The van der Waals surface area contributed by atoms with Gasteiger partial charge < -0.3 is 23.7 Å². The highest BCUT2D eigenvalue weighted by molar-refractivity contribution is 5.86. The molecule has 0 N–H and O–H groups in total. The van der Waals surface area contributed by atoms with Crippen LogP contribution in [0.3, 0.4) is 0 Å². The lowest BCUT2D eigenvalue weighted by Crippen LogP contribution is -2.36. The summed E-state index contributed by atoms with van der Waals surface area (Å²) >= 11 is 0. The second-order valence-corrected chi connectivity index (χ2v) is 10.3. The van der Waals surface area contributed by atoms with Gasteiger partial charge in [-0.15, -0.1) is 0 Å². The van der Waals surface area contributed by atoms with Gasteiger partial charge in [-0.3, -0.25) is 0 Å². The van der Waals surface area contributed by atoms with E-state index in [0.717, 1.165) is 62.6 Å². The fourth-order valence-electron chi connectivity index (χ4n) is 5.22. The van der Waals surface area contributed by atoms with E-state index in [2.05, 4.69) is 41.5 Å². The van der Waals surface area contributed by atoms with E-state index >= 15 is 4.39 Å². The van der Waals surface area contributed by atoms with Crippen molar-refractivity contribution in [1.29, 1.82) is 0 Å². The number of benzene rings is 2. The highest BCUT2D eigenvalue weighted by Crippen LogP contribution is 2.49. The molecule has 1 aliphatic heterocycles. The largest absolute Gasteiger partial charge is 0.492 e. The van der Waals surface area contributed by atoms with Crippen LogP contribution >= 0.6 is 0 Å². The lowest BCUT2D eigenvalue weighted by Gasteiger charge is -2.33. The second kappa shape index (κ2) is 11.2. The minimum absolute atomic E-state index is 0.135. The molecule has 3 aromatic rings. The number of halogens is 1. The molecule has 0 unspecified atom stereocenters. The van der Waals surface area contributed by atoms with E-state index in [1.54, 1.807) is 7.11 Å². The van der Waals surface area contributed by atoms with Gasteiger partial charge in [-0.25, -0.2) is 9.37 Å². The molecule has 200 valence electrons. The molecule has 2 heterocycles. The Morgan fingerprint density at radius 1 is 0.973 bits per heavy atom. The van der Waals surface area contributed by atoms with Crippen molar-refractivity contribution in [3.05, 3.63) is 29.6 Å². The summed E-state index contributed by atoms with van der Waals surface area (Å²) < 4.78 is 36.8. The first-order valence-electron chi connectivity index (χ1n) is 14.0. The van der Waals surface area contributed by atoms with Crippen molar-refractivity contribution in [1.82, 2.24) is 9.55 Å². The maximum Gasteiger partial charge on any atom is 0.207 e. The maximum absolute atomic E-state index is 16.6. The van der Waals surface area contributed by atoms with Gasteiger partial charge in [0, 0.05) is 30.4 Å². The number of aromatic nitrogens is 2. The van der Waals surface area contributed by atoms with Gasteiger partial charge in [0.1, 0.15) is 5.82 Å². The zero-order valence-electron chi connectivity index (χ0n) is 22.7. The molecule has 1 saturated heterocycles. The predicted octanol–water partition coefficient (Wildman–Crippen LogP) is 7.45. The third kappa shape index (κ3) is 4.73. The molecule has 6 nitrogen and oxygen atoms in total. The summed E-state index contributed by atoms with van der Waals surface area (Å²) in [5.74, 6) is 1.24. The van der Waals surface area contributed by atoms with Crippen molar-refractivity contribution in [3.8, 4) is 28.6 Å². The Morgan fingerprint density at radius 2 is 1.68 bits per heavy atom. The standard InChI is InChI=1S/C30H40FN3O3/c1-5-7-17-36-28-26(31)25(20(3)27(35-4)29(28)37-18-8-6-2)30-32-23-19-22(33-15-10-16-33)13-14-24(23)34(30)21-11-9-12-21/h13-14,19,21H,5-12,15-18H2,1-4H3. The number of hydrogen-bond donors (Lipinski definition) is 0. The third-order valence-corrected chi connectivity index (χ3v) is 7.80. The van der Waals surface area contributed by atoms with Crippen LogP contribution in [0.2, 0.25) is 0 Å². The molecule has 0 radical (unpaired) electrons. The van der Waals surface area contributed by atoms with Crippen molar-refractivity contribution in [2.45, 2.75) is 78.2 Å². The number of hydrogen-bond acceptors (Lipinski definition) is 5. The van der Waals surface area contributed by atoms with E-state index in [9.17, 15) is 0 Å². The third-order valence-electron chi connectivity index (χ3n) is 7.80. The molecule has 2 aliphatic rings. The molecule has 5 rings (SSSR count). The summed E-state index contributed by atoms with van der Waals surface area (Å²) in [4.78, 5) is 7.43. The van der Waals surface area contributed by atoms with Gasteiger partial charge in [-0.2, -0.15) is 0 Å². The molecule has 2 fully saturated rings. The molecule has 7 heteroatoms. The Hall–Kier alpha value is -2.96.